The zero-order valence-corrected chi connectivity index (χ0v) is 19.7. The number of aromatic nitrogens is 5. The van der Waals surface area contributed by atoms with Gasteiger partial charge in [0.2, 0.25) is 6.33 Å². The Bertz CT molecular complexity index is 1340. The first-order valence-corrected chi connectivity index (χ1v) is 9.81. The maximum absolute atomic E-state index is 6.04. The normalized spacial score (nSPS) is 10.6. The number of aryl methyl sites for hydroxylation is 2. The minimum atomic E-state index is 0. The van der Waals surface area contributed by atoms with Crippen molar-refractivity contribution in [3.8, 4) is 34.0 Å². The Balaban J connectivity index is 0.00000245. The van der Waals surface area contributed by atoms with Crippen molar-refractivity contribution in [3.05, 3.63) is 104 Å². The Kier molecular flexibility index (Phi) is 6.33. The van der Waals surface area contributed by atoms with Crippen LogP contribution >= 0.6 is 0 Å². The van der Waals surface area contributed by atoms with E-state index < -0.39 is 0 Å². The maximum Gasteiger partial charge on any atom is 0.241 e. The third-order valence-electron chi connectivity index (χ3n) is 4.78. The molecule has 0 aliphatic carbocycles. The van der Waals surface area contributed by atoms with Gasteiger partial charge in [0.1, 0.15) is 0 Å². The molecule has 0 saturated heterocycles. The van der Waals surface area contributed by atoms with Gasteiger partial charge in [0.15, 0.2) is 0 Å². The molecule has 5 aromatic rings. The van der Waals surface area contributed by atoms with Gasteiger partial charge in [0, 0.05) is 74.2 Å². The zero-order valence-electron chi connectivity index (χ0n) is 17.5. The fourth-order valence-corrected chi connectivity index (χ4v) is 3.36. The van der Waals surface area contributed by atoms with Crippen LogP contribution in [-0.2, 0) is 28.1 Å². The van der Waals surface area contributed by atoms with Crippen LogP contribution in [0.15, 0.2) is 79.5 Å². The van der Waals surface area contributed by atoms with Crippen LogP contribution in [0.25, 0.3) is 22.5 Å². The van der Waals surface area contributed by atoms with E-state index in [0.29, 0.717) is 11.5 Å². The Morgan fingerprint density at radius 1 is 0.906 bits per heavy atom. The van der Waals surface area contributed by atoms with Crippen LogP contribution in [0, 0.1) is 25.4 Å². The average molecular weight is 601 g/mol. The molecule has 32 heavy (non-hydrogen) atoms. The summed E-state index contributed by atoms with van der Waals surface area (Å²) < 4.78 is 11.6. The molecule has 0 aliphatic rings. The summed E-state index contributed by atoms with van der Waals surface area (Å²) in [5, 5.41) is 4.46. The minimum Gasteiger partial charge on any atom is -0.510 e. The molecule has 2 aromatic carbocycles. The smallest absolute Gasteiger partial charge is 0.241 e. The summed E-state index contributed by atoms with van der Waals surface area (Å²) in [4.78, 5) is 4.17. The van der Waals surface area contributed by atoms with Gasteiger partial charge >= 0.3 is 0 Å². The number of hydrogen-bond acceptors (Lipinski definition) is 3. The van der Waals surface area contributed by atoms with Crippen LogP contribution in [0.1, 0.15) is 5.69 Å². The molecular formula is C25H19N5OPt-2. The van der Waals surface area contributed by atoms with Gasteiger partial charge in [0.25, 0.3) is 0 Å². The third-order valence-corrected chi connectivity index (χ3v) is 4.78. The fourth-order valence-electron chi connectivity index (χ4n) is 3.36. The number of imidazole rings is 1. The minimum absolute atomic E-state index is 0. The molecular weight excluding hydrogens is 581 g/mol. The molecule has 0 radical (unpaired) electrons. The number of pyridine rings is 1. The molecule has 162 valence electrons. The van der Waals surface area contributed by atoms with E-state index in [1.165, 1.54) is 0 Å². The molecule has 0 unspecified atom stereocenters. The Morgan fingerprint density at radius 2 is 1.66 bits per heavy atom. The first-order chi connectivity index (χ1) is 15.2. The summed E-state index contributed by atoms with van der Waals surface area (Å²) in [6, 6.07) is 22.0. The Morgan fingerprint density at radius 3 is 2.34 bits per heavy atom. The van der Waals surface area contributed by atoms with Crippen LogP contribution in [-0.4, -0.2) is 19.3 Å². The number of ether oxygens (including phenoxy) is 1. The quantitative estimate of drug-likeness (QED) is 0.226. The van der Waals surface area contributed by atoms with E-state index in [9.17, 15) is 0 Å². The summed E-state index contributed by atoms with van der Waals surface area (Å²) in [6.07, 6.45) is 12.6. The third kappa shape index (κ3) is 4.56. The van der Waals surface area contributed by atoms with Gasteiger partial charge in [-0.05, 0) is 18.7 Å². The van der Waals surface area contributed by atoms with Crippen molar-refractivity contribution >= 4 is 0 Å². The molecule has 3 aromatic heterocycles. The van der Waals surface area contributed by atoms with E-state index >= 15 is 0 Å². The zero-order chi connectivity index (χ0) is 21.2. The summed E-state index contributed by atoms with van der Waals surface area (Å²) in [6.45, 7) is 2.03. The second-order valence-electron chi connectivity index (χ2n) is 7.13. The van der Waals surface area contributed by atoms with E-state index in [0.717, 1.165) is 28.2 Å². The maximum atomic E-state index is 6.04. The second-order valence-corrected chi connectivity index (χ2v) is 7.13. The van der Waals surface area contributed by atoms with Crippen molar-refractivity contribution < 1.29 is 30.4 Å². The van der Waals surface area contributed by atoms with Gasteiger partial charge in [-0.1, -0.05) is 11.8 Å². The van der Waals surface area contributed by atoms with Crippen molar-refractivity contribution in [3.63, 3.8) is 0 Å². The Hall–Kier alpha value is -3.50. The van der Waals surface area contributed by atoms with Crippen LogP contribution in [0.5, 0.6) is 11.5 Å². The van der Waals surface area contributed by atoms with Gasteiger partial charge in [-0.3, -0.25) is 9.67 Å². The van der Waals surface area contributed by atoms with Crippen LogP contribution < -0.4 is 9.30 Å². The summed E-state index contributed by atoms with van der Waals surface area (Å²) in [5.74, 6) is 1.19. The molecule has 0 amide bonds. The topological polar surface area (TPSA) is 48.8 Å². The van der Waals surface area contributed by atoms with E-state index in [-0.39, 0.29) is 21.1 Å². The summed E-state index contributed by atoms with van der Waals surface area (Å²) in [7, 11) is 1.94. The van der Waals surface area contributed by atoms with E-state index in [2.05, 4.69) is 28.5 Å². The summed E-state index contributed by atoms with van der Waals surface area (Å²) in [5.41, 5.74) is 4.70. The van der Waals surface area contributed by atoms with Gasteiger partial charge in [-0.15, -0.1) is 30.3 Å². The van der Waals surface area contributed by atoms with E-state index in [4.69, 9.17) is 4.74 Å². The number of rotatable bonds is 5. The summed E-state index contributed by atoms with van der Waals surface area (Å²) >= 11 is 0. The number of hydrogen-bond donors (Lipinski definition) is 0. The SMILES string of the molecule is Cc1c[n+](C)[c-]n1-c1[c-]c(Oc2[c-]c(-n3cc(-c4cccnc4)cn3)ccc2)ccc1.[Pt]. The standard InChI is InChI=1S/C25H19N5O.Pt/c1-19-16-28(2)18-29(19)22-7-3-9-24(12-22)31-25-10-4-8-23(13-25)30-17-21(15-27-30)20-6-5-11-26-14-20;/h3-11,14-17H,1-2H3;/q-2;. The second kappa shape index (κ2) is 9.33. The molecule has 6 nitrogen and oxygen atoms in total. The first kappa shape index (κ1) is 21.7. The molecule has 5 rings (SSSR count). The van der Waals surface area contributed by atoms with Crippen molar-refractivity contribution in [2.45, 2.75) is 6.92 Å². The molecule has 0 aliphatic heterocycles. The van der Waals surface area contributed by atoms with Gasteiger partial charge in [-0.25, -0.2) is 0 Å². The van der Waals surface area contributed by atoms with E-state index in [1.54, 1.807) is 10.9 Å². The molecule has 0 fully saturated rings. The molecule has 0 spiro atoms. The van der Waals surface area contributed by atoms with Crippen LogP contribution in [0.2, 0.25) is 0 Å². The molecule has 0 atom stereocenters. The van der Waals surface area contributed by atoms with Gasteiger partial charge in [-0.2, -0.15) is 23.3 Å². The van der Waals surface area contributed by atoms with Crippen molar-refractivity contribution in [2.75, 3.05) is 0 Å². The predicted octanol–water partition coefficient (Wildman–Crippen LogP) is 4.05. The molecule has 0 N–H and O–H groups in total. The van der Waals surface area contributed by atoms with Gasteiger partial charge in [0.05, 0.1) is 13.2 Å². The number of benzene rings is 2. The molecule has 0 bridgehead atoms. The van der Waals surface area contributed by atoms with Gasteiger partial charge < -0.3 is 13.9 Å². The van der Waals surface area contributed by atoms with Crippen LogP contribution in [0.4, 0.5) is 0 Å². The fraction of sp³-hybridized carbons (Fsp3) is 0.0800. The predicted molar refractivity (Wildman–Crippen MR) is 115 cm³/mol. The van der Waals surface area contributed by atoms with Crippen molar-refractivity contribution in [1.29, 1.82) is 0 Å². The average Bonchev–Trinajstić information content (AvgIpc) is 3.41. The molecule has 3 heterocycles. The van der Waals surface area contributed by atoms with Crippen molar-refractivity contribution in [1.82, 2.24) is 19.3 Å². The molecule has 0 saturated carbocycles. The first-order valence-electron chi connectivity index (χ1n) is 9.81. The Labute approximate surface area is 201 Å². The monoisotopic (exact) mass is 600 g/mol. The number of nitrogens with zero attached hydrogens (tertiary/aromatic N) is 5. The van der Waals surface area contributed by atoms with Crippen LogP contribution in [0.3, 0.4) is 0 Å². The van der Waals surface area contributed by atoms with E-state index in [1.807, 2.05) is 96.4 Å². The van der Waals surface area contributed by atoms with Crippen molar-refractivity contribution in [2.24, 2.45) is 7.05 Å². The largest absolute Gasteiger partial charge is 0.510 e. The molecule has 7 heteroatoms.